The largest absolute Gasteiger partial charge is 0.484 e. The van der Waals surface area contributed by atoms with Crippen molar-refractivity contribution in [2.24, 2.45) is 0 Å². The minimum absolute atomic E-state index is 0.00188. The number of nitrogens with one attached hydrogen (secondary N) is 1. The summed E-state index contributed by atoms with van der Waals surface area (Å²) in [5.41, 5.74) is 1.74. The predicted octanol–water partition coefficient (Wildman–Crippen LogP) is 3.24. The Kier molecular flexibility index (Phi) is 4.71. The van der Waals surface area contributed by atoms with Crippen LogP contribution in [0.3, 0.4) is 0 Å². The summed E-state index contributed by atoms with van der Waals surface area (Å²) in [6, 6.07) is 6.74. The molecule has 0 aliphatic heterocycles. The second kappa shape index (κ2) is 6.91. The van der Waals surface area contributed by atoms with Crippen LogP contribution in [-0.4, -0.2) is 23.3 Å². The summed E-state index contributed by atoms with van der Waals surface area (Å²) in [4.78, 5) is 28.9. The van der Waals surface area contributed by atoms with Crippen LogP contribution in [0.2, 0.25) is 0 Å². The zero-order chi connectivity index (χ0) is 16.2. The van der Waals surface area contributed by atoms with Gasteiger partial charge in [-0.25, -0.2) is 4.98 Å². The first-order valence-corrected chi connectivity index (χ1v) is 8.46. The SMILES string of the molecule is CC(=O)c1ccc(OCC(=O)Nc2nc3c(s2)CCCC3)cc1. The molecule has 1 aromatic carbocycles. The van der Waals surface area contributed by atoms with Crippen molar-refractivity contribution in [3.63, 3.8) is 0 Å². The summed E-state index contributed by atoms with van der Waals surface area (Å²) in [6.45, 7) is 1.43. The van der Waals surface area contributed by atoms with Crippen molar-refractivity contribution in [3.8, 4) is 5.75 Å². The molecule has 1 heterocycles. The first kappa shape index (κ1) is 15.7. The van der Waals surface area contributed by atoms with E-state index >= 15 is 0 Å². The van der Waals surface area contributed by atoms with E-state index in [0.29, 0.717) is 16.4 Å². The molecule has 1 aliphatic rings. The molecular weight excluding hydrogens is 312 g/mol. The number of rotatable bonds is 5. The van der Waals surface area contributed by atoms with Gasteiger partial charge in [0.15, 0.2) is 17.5 Å². The first-order chi connectivity index (χ1) is 11.1. The normalized spacial score (nSPS) is 13.3. The molecule has 5 nitrogen and oxygen atoms in total. The maximum absolute atomic E-state index is 12.0. The Hall–Kier alpha value is -2.21. The molecule has 6 heteroatoms. The fourth-order valence-corrected chi connectivity index (χ4v) is 3.56. The molecule has 1 N–H and O–H groups in total. The number of amides is 1. The van der Waals surface area contributed by atoms with Gasteiger partial charge in [-0.3, -0.25) is 14.9 Å². The summed E-state index contributed by atoms with van der Waals surface area (Å²) < 4.78 is 5.43. The van der Waals surface area contributed by atoms with Gasteiger partial charge < -0.3 is 4.74 Å². The Morgan fingerprint density at radius 3 is 2.65 bits per heavy atom. The number of nitrogens with zero attached hydrogens (tertiary/aromatic N) is 1. The lowest BCUT2D eigenvalue weighted by Gasteiger charge is -2.06. The number of hydrogen-bond acceptors (Lipinski definition) is 5. The zero-order valence-electron chi connectivity index (χ0n) is 12.9. The van der Waals surface area contributed by atoms with Crippen molar-refractivity contribution in [1.82, 2.24) is 4.98 Å². The fraction of sp³-hybridized carbons (Fsp3) is 0.353. The zero-order valence-corrected chi connectivity index (χ0v) is 13.7. The van der Waals surface area contributed by atoms with Crippen molar-refractivity contribution in [2.75, 3.05) is 11.9 Å². The smallest absolute Gasteiger partial charge is 0.264 e. The van der Waals surface area contributed by atoms with E-state index in [2.05, 4.69) is 10.3 Å². The minimum Gasteiger partial charge on any atom is -0.484 e. The summed E-state index contributed by atoms with van der Waals surface area (Å²) in [5.74, 6) is 0.331. The van der Waals surface area contributed by atoms with Gasteiger partial charge in [-0.05, 0) is 56.9 Å². The average Bonchev–Trinajstić information content (AvgIpc) is 2.95. The third-order valence-corrected chi connectivity index (χ3v) is 4.80. The highest BCUT2D eigenvalue weighted by molar-refractivity contribution is 7.15. The van der Waals surface area contributed by atoms with Gasteiger partial charge in [-0.2, -0.15) is 0 Å². The van der Waals surface area contributed by atoms with E-state index in [1.807, 2.05) is 0 Å². The summed E-state index contributed by atoms with van der Waals surface area (Å²) in [5, 5.41) is 3.44. The van der Waals surface area contributed by atoms with Gasteiger partial charge >= 0.3 is 0 Å². The van der Waals surface area contributed by atoms with Crippen LogP contribution in [-0.2, 0) is 17.6 Å². The lowest BCUT2D eigenvalue weighted by Crippen LogP contribution is -2.20. The fourth-order valence-electron chi connectivity index (χ4n) is 2.50. The molecule has 3 rings (SSSR count). The third kappa shape index (κ3) is 3.96. The van der Waals surface area contributed by atoms with Gasteiger partial charge in [0.1, 0.15) is 5.75 Å². The second-order valence-electron chi connectivity index (χ2n) is 5.51. The van der Waals surface area contributed by atoms with Crippen LogP contribution in [0.25, 0.3) is 0 Å². The van der Waals surface area contributed by atoms with Crippen molar-refractivity contribution in [2.45, 2.75) is 32.6 Å². The lowest BCUT2D eigenvalue weighted by atomic mass is 10.0. The molecule has 0 fully saturated rings. The van der Waals surface area contributed by atoms with Gasteiger partial charge in [0.25, 0.3) is 5.91 Å². The van der Waals surface area contributed by atoms with E-state index in [1.165, 1.54) is 24.6 Å². The molecule has 0 spiro atoms. The van der Waals surface area contributed by atoms with Gasteiger partial charge in [-0.1, -0.05) is 0 Å². The second-order valence-corrected chi connectivity index (χ2v) is 6.60. The van der Waals surface area contributed by atoms with E-state index in [0.717, 1.165) is 18.5 Å². The maximum Gasteiger partial charge on any atom is 0.264 e. The van der Waals surface area contributed by atoms with Crippen LogP contribution < -0.4 is 10.1 Å². The van der Waals surface area contributed by atoms with Crippen molar-refractivity contribution in [3.05, 3.63) is 40.4 Å². The highest BCUT2D eigenvalue weighted by atomic mass is 32.1. The standard InChI is InChI=1S/C17H18N2O3S/c1-11(20)12-6-8-13(9-7-12)22-10-16(21)19-17-18-14-4-2-3-5-15(14)23-17/h6-9H,2-5,10H2,1H3,(H,18,19,21). The van der Waals surface area contributed by atoms with Crippen LogP contribution in [0.15, 0.2) is 24.3 Å². The quantitative estimate of drug-likeness (QED) is 0.855. The highest BCUT2D eigenvalue weighted by Crippen LogP contribution is 2.29. The predicted molar refractivity (Wildman–Crippen MR) is 89.3 cm³/mol. The van der Waals surface area contributed by atoms with Crippen molar-refractivity contribution >= 4 is 28.2 Å². The minimum atomic E-state index is -0.230. The molecule has 0 saturated carbocycles. The molecule has 0 atom stereocenters. The van der Waals surface area contributed by atoms with E-state index in [-0.39, 0.29) is 18.3 Å². The number of hydrogen-bond donors (Lipinski definition) is 1. The van der Waals surface area contributed by atoms with E-state index < -0.39 is 0 Å². The first-order valence-electron chi connectivity index (χ1n) is 7.64. The Morgan fingerprint density at radius 2 is 1.96 bits per heavy atom. The van der Waals surface area contributed by atoms with E-state index in [4.69, 9.17) is 4.74 Å². The van der Waals surface area contributed by atoms with Crippen LogP contribution in [0.1, 0.15) is 40.7 Å². The lowest BCUT2D eigenvalue weighted by molar-refractivity contribution is -0.118. The molecular formula is C17H18N2O3S. The number of carbonyl (C=O) groups is 2. The molecule has 2 aromatic rings. The molecule has 23 heavy (non-hydrogen) atoms. The third-order valence-electron chi connectivity index (χ3n) is 3.72. The molecule has 0 saturated heterocycles. The van der Waals surface area contributed by atoms with Gasteiger partial charge in [0, 0.05) is 10.4 Å². The number of aromatic nitrogens is 1. The summed E-state index contributed by atoms with van der Waals surface area (Å²) in [6.07, 6.45) is 4.42. The van der Waals surface area contributed by atoms with E-state index in [1.54, 1.807) is 35.6 Å². The number of anilines is 1. The van der Waals surface area contributed by atoms with Crippen LogP contribution in [0.5, 0.6) is 5.75 Å². The Labute approximate surface area is 138 Å². The number of benzene rings is 1. The number of Topliss-reactive ketones (excluding diaryl/α,β-unsaturated/α-hetero) is 1. The monoisotopic (exact) mass is 330 g/mol. The maximum atomic E-state index is 12.0. The Balaban J connectivity index is 1.53. The molecule has 1 aromatic heterocycles. The molecule has 0 unspecified atom stereocenters. The molecule has 120 valence electrons. The molecule has 0 bridgehead atoms. The molecule has 1 aliphatic carbocycles. The Morgan fingerprint density at radius 1 is 1.22 bits per heavy atom. The number of fused-ring (bicyclic) bond motifs is 1. The van der Waals surface area contributed by atoms with Gasteiger partial charge in [0.2, 0.25) is 0 Å². The number of ether oxygens (including phenoxy) is 1. The van der Waals surface area contributed by atoms with Crippen LogP contribution in [0, 0.1) is 0 Å². The topological polar surface area (TPSA) is 68.3 Å². The van der Waals surface area contributed by atoms with Crippen LogP contribution >= 0.6 is 11.3 Å². The molecule has 0 radical (unpaired) electrons. The number of thiazole rings is 1. The van der Waals surface area contributed by atoms with Gasteiger partial charge in [0.05, 0.1) is 5.69 Å². The van der Waals surface area contributed by atoms with Gasteiger partial charge in [-0.15, -0.1) is 11.3 Å². The number of ketones is 1. The Bertz CT molecular complexity index is 698. The average molecular weight is 330 g/mol. The summed E-state index contributed by atoms with van der Waals surface area (Å²) >= 11 is 1.55. The van der Waals surface area contributed by atoms with Crippen LogP contribution in [0.4, 0.5) is 5.13 Å². The number of aryl methyl sites for hydroxylation is 2. The van der Waals surface area contributed by atoms with Crippen molar-refractivity contribution < 1.29 is 14.3 Å². The summed E-state index contributed by atoms with van der Waals surface area (Å²) in [7, 11) is 0. The number of carbonyl (C=O) groups excluding carboxylic acids is 2. The molecule has 1 amide bonds. The highest BCUT2D eigenvalue weighted by Gasteiger charge is 2.16. The van der Waals surface area contributed by atoms with E-state index in [9.17, 15) is 9.59 Å². The van der Waals surface area contributed by atoms with Crippen molar-refractivity contribution in [1.29, 1.82) is 0 Å².